The van der Waals surface area contributed by atoms with Gasteiger partial charge in [0.25, 0.3) is 0 Å². The highest BCUT2D eigenvalue weighted by Crippen LogP contribution is 2.17. The van der Waals surface area contributed by atoms with E-state index in [2.05, 4.69) is 39.9 Å². The van der Waals surface area contributed by atoms with Crippen LogP contribution in [0.4, 0.5) is 0 Å². The van der Waals surface area contributed by atoms with Crippen molar-refractivity contribution in [2.24, 2.45) is 12.0 Å². The average molecular weight is 569 g/mol. The van der Waals surface area contributed by atoms with Crippen LogP contribution in [0.3, 0.4) is 0 Å². The Labute approximate surface area is 211 Å². The Kier molecular flexibility index (Phi) is 10.2. The van der Waals surface area contributed by atoms with Crippen LogP contribution in [-0.4, -0.2) is 34.4 Å². The number of benzene rings is 2. The second kappa shape index (κ2) is 12.6. The number of nitrogens with zero attached hydrogens (tertiary/aromatic N) is 4. The van der Waals surface area contributed by atoms with E-state index in [0.29, 0.717) is 17.5 Å². The molecule has 1 heterocycles. The van der Waals surface area contributed by atoms with Gasteiger partial charge in [-0.15, -0.1) is 34.2 Å². The second-order valence-electron chi connectivity index (χ2n) is 7.33. The van der Waals surface area contributed by atoms with Gasteiger partial charge in [-0.2, -0.15) is 0 Å². The first kappa shape index (κ1) is 25.9. The number of rotatable bonds is 8. The zero-order valence-corrected chi connectivity index (χ0v) is 21.9. The van der Waals surface area contributed by atoms with Crippen LogP contribution in [0.15, 0.2) is 53.5 Å². The molecule has 0 amide bonds. The summed E-state index contributed by atoms with van der Waals surface area (Å²) < 4.78 is 7.17. The van der Waals surface area contributed by atoms with Crippen molar-refractivity contribution in [1.29, 1.82) is 0 Å². The van der Waals surface area contributed by atoms with Crippen LogP contribution >= 0.6 is 35.6 Å². The summed E-state index contributed by atoms with van der Waals surface area (Å²) in [6, 6.07) is 15.9. The quantitative estimate of drug-likeness (QED) is 0.239. The number of aliphatic imine (C=N–C) groups is 1. The number of guanidine groups is 1. The molecule has 172 valence electrons. The lowest BCUT2D eigenvalue weighted by Crippen LogP contribution is -2.39. The average Bonchev–Trinajstić information content (AvgIpc) is 3.10. The van der Waals surface area contributed by atoms with E-state index in [1.165, 1.54) is 5.56 Å². The molecule has 0 spiro atoms. The number of halogens is 2. The van der Waals surface area contributed by atoms with Gasteiger partial charge >= 0.3 is 0 Å². The summed E-state index contributed by atoms with van der Waals surface area (Å²) >= 11 is 6.16. The Balaban J connectivity index is 0.00000363. The third-order valence-electron chi connectivity index (χ3n) is 5.13. The van der Waals surface area contributed by atoms with Gasteiger partial charge in [0.1, 0.15) is 18.1 Å². The number of hydrogen-bond acceptors (Lipinski definition) is 4. The monoisotopic (exact) mass is 568 g/mol. The fourth-order valence-electron chi connectivity index (χ4n) is 3.07. The standard InChI is InChI=1S/C23H29ClN6O.HI/c1-16(19-6-5-7-20(24)14-19)27-23(26-15-22-29-28-17(2)30(22)3)25-13-12-18-8-10-21(31-4)11-9-18;/h5-11,14,16H,12-13,15H2,1-4H3,(H2,25,26,27);1H. The van der Waals surface area contributed by atoms with Gasteiger partial charge in [0.2, 0.25) is 0 Å². The van der Waals surface area contributed by atoms with Crippen molar-refractivity contribution < 1.29 is 4.74 Å². The van der Waals surface area contributed by atoms with Gasteiger partial charge in [-0.1, -0.05) is 35.9 Å². The highest BCUT2D eigenvalue weighted by atomic mass is 127. The van der Waals surface area contributed by atoms with E-state index in [1.54, 1.807) is 7.11 Å². The van der Waals surface area contributed by atoms with Gasteiger partial charge in [-0.25, -0.2) is 4.99 Å². The summed E-state index contributed by atoms with van der Waals surface area (Å²) in [6.45, 7) is 5.17. The predicted molar refractivity (Wildman–Crippen MR) is 140 cm³/mol. The molecule has 0 fully saturated rings. The highest BCUT2D eigenvalue weighted by molar-refractivity contribution is 14.0. The maximum atomic E-state index is 6.16. The Morgan fingerprint density at radius 2 is 1.94 bits per heavy atom. The summed E-state index contributed by atoms with van der Waals surface area (Å²) in [5.74, 6) is 3.24. The molecule has 2 N–H and O–H groups in total. The van der Waals surface area contributed by atoms with Crippen LogP contribution in [0.1, 0.15) is 35.7 Å². The molecule has 9 heteroatoms. The smallest absolute Gasteiger partial charge is 0.192 e. The van der Waals surface area contributed by atoms with E-state index in [0.717, 1.165) is 35.9 Å². The van der Waals surface area contributed by atoms with E-state index in [9.17, 15) is 0 Å². The van der Waals surface area contributed by atoms with Gasteiger partial charge < -0.3 is 19.9 Å². The van der Waals surface area contributed by atoms with E-state index in [1.807, 2.05) is 54.9 Å². The Morgan fingerprint density at radius 3 is 2.56 bits per heavy atom. The summed E-state index contributed by atoms with van der Waals surface area (Å²) in [6.07, 6.45) is 0.860. The summed E-state index contributed by atoms with van der Waals surface area (Å²) in [4.78, 5) is 4.73. The van der Waals surface area contributed by atoms with Crippen molar-refractivity contribution in [3.63, 3.8) is 0 Å². The minimum atomic E-state index is 0. The third kappa shape index (κ3) is 7.37. The topological polar surface area (TPSA) is 76.4 Å². The zero-order valence-electron chi connectivity index (χ0n) is 18.8. The molecule has 1 aromatic heterocycles. The molecule has 0 saturated heterocycles. The Hall–Kier alpha value is -2.33. The lowest BCUT2D eigenvalue weighted by molar-refractivity contribution is 0.414. The molecule has 1 atom stereocenters. The van der Waals surface area contributed by atoms with Crippen LogP contribution in [0.5, 0.6) is 5.75 Å². The molecule has 0 bridgehead atoms. The molecule has 7 nitrogen and oxygen atoms in total. The lowest BCUT2D eigenvalue weighted by atomic mass is 10.1. The molecule has 0 saturated carbocycles. The second-order valence-corrected chi connectivity index (χ2v) is 7.77. The van der Waals surface area contributed by atoms with Crippen LogP contribution in [0.25, 0.3) is 0 Å². The van der Waals surface area contributed by atoms with E-state index >= 15 is 0 Å². The largest absolute Gasteiger partial charge is 0.497 e. The summed E-state index contributed by atoms with van der Waals surface area (Å²) in [5, 5.41) is 15.9. The van der Waals surface area contributed by atoms with Gasteiger partial charge in [0.15, 0.2) is 11.8 Å². The van der Waals surface area contributed by atoms with E-state index < -0.39 is 0 Å². The first-order chi connectivity index (χ1) is 15.0. The van der Waals surface area contributed by atoms with Gasteiger partial charge in [-0.05, 0) is 55.7 Å². The molecule has 1 unspecified atom stereocenters. The van der Waals surface area contributed by atoms with Crippen LogP contribution in [-0.2, 0) is 20.0 Å². The van der Waals surface area contributed by atoms with Crippen molar-refractivity contribution in [2.75, 3.05) is 13.7 Å². The normalized spacial score (nSPS) is 12.1. The minimum absolute atomic E-state index is 0. The minimum Gasteiger partial charge on any atom is -0.497 e. The molecule has 0 aliphatic rings. The molecular weight excluding hydrogens is 539 g/mol. The highest BCUT2D eigenvalue weighted by Gasteiger charge is 2.10. The number of ether oxygens (including phenoxy) is 1. The molecule has 0 radical (unpaired) electrons. The lowest BCUT2D eigenvalue weighted by Gasteiger charge is -2.19. The van der Waals surface area contributed by atoms with Gasteiger partial charge in [0.05, 0.1) is 13.2 Å². The number of nitrogens with one attached hydrogen (secondary N) is 2. The van der Waals surface area contributed by atoms with Crippen molar-refractivity contribution >= 4 is 41.5 Å². The van der Waals surface area contributed by atoms with Gasteiger partial charge in [-0.3, -0.25) is 0 Å². The molecule has 0 aliphatic heterocycles. The molecular formula is C23H30ClIN6O. The van der Waals surface area contributed by atoms with E-state index in [4.69, 9.17) is 21.3 Å². The molecule has 0 aliphatic carbocycles. The zero-order chi connectivity index (χ0) is 22.2. The maximum absolute atomic E-state index is 6.16. The Bertz CT molecular complexity index is 1020. The van der Waals surface area contributed by atoms with Crippen molar-refractivity contribution in [3.8, 4) is 5.75 Å². The molecule has 3 rings (SSSR count). The first-order valence-corrected chi connectivity index (χ1v) is 10.6. The number of aromatic nitrogens is 3. The van der Waals surface area contributed by atoms with Crippen molar-refractivity contribution in [3.05, 3.63) is 76.3 Å². The fourth-order valence-corrected chi connectivity index (χ4v) is 3.27. The molecule has 32 heavy (non-hydrogen) atoms. The number of hydrogen-bond donors (Lipinski definition) is 2. The molecule has 3 aromatic rings. The predicted octanol–water partition coefficient (Wildman–Crippen LogP) is 4.44. The number of methoxy groups -OCH3 is 1. The maximum Gasteiger partial charge on any atom is 0.192 e. The Morgan fingerprint density at radius 1 is 1.19 bits per heavy atom. The van der Waals surface area contributed by atoms with E-state index in [-0.39, 0.29) is 30.0 Å². The summed E-state index contributed by atoms with van der Waals surface area (Å²) in [5.41, 5.74) is 2.31. The van der Waals surface area contributed by atoms with Crippen molar-refractivity contribution in [1.82, 2.24) is 25.4 Å². The first-order valence-electron chi connectivity index (χ1n) is 10.2. The fraction of sp³-hybridized carbons (Fsp3) is 0.348. The SMILES string of the molecule is COc1ccc(CCNC(=NCc2nnc(C)n2C)NC(C)c2cccc(Cl)c2)cc1.I. The van der Waals surface area contributed by atoms with Crippen LogP contribution in [0, 0.1) is 6.92 Å². The molecule has 2 aromatic carbocycles. The van der Waals surface area contributed by atoms with Crippen molar-refractivity contribution in [2.45, 2.75) is 32.9 Å². The van der Waals surface area contributed by atoms with Gasteiger partial charge in [0, 0.05) is 18.6 Å². The van der Waals surface area contributed by atoms with Crippen LogP contribution < -0.4 is 15.4 Å². The number of aryl methyl sites for hydroxylation is 1. The summed E-state index contributed by atoms with van der Waals surface area (Å²) in [7, 11) is 3.61. The van der Waals surface area contributed by atoms with Crippen LogP contribution in [0.2, 0.25) is 5.02 Å². The third-order valence-corrected chi connectivity index (χ3v) is 5.36.